The van der Waals surface area contributed by atoms with E-state index in [0.29, 0.717) is 16.9 Å². The molecule has 2 aromatic carbocycles. The molecule has 0 saturated carbocycles. The average Bonchev–Trinajstić information content (AvgIpc) is 2.91. The summed E-state index contributed by atoms with van der Waals surface area (Å²) in [7, 11) is 1.88. The molecule has 5 nitrogen and oxygen atoms in total. The van der Waals surface area contributed by atoms with Crippen molar-refractivity contribution >= 4 is 21.8 Å². The summed E-state index contributed by atoms with van der Waals surface area (Å²) in [4.78, 5) is 13.2. The predicted molar refractivity (Wildman–Crippen MR) is 97.9 cm³/mol. The second-order valence-electron chi connectivity index (χ2n) is 6.14. The van der Waals surface area contributed by atoms with Crippen molar-refractivity contribution in [2.75, 3.05) is 0 Å². The van der Waals surface area contributed by atoms with Crippen LogP contribution in [0.2, 0.25) is 0 Å². The topological polar surface area (TPSA) is 63.6 Å². The Balaban J connectivity index is 2.22. The molecule has 0 aliphatic rings. The van der Waals surface area contributed by atoms with E-state index < -0.39 is 0 Å². The summed E-state index contributed by atoms with van der Waals surface area (Å²) in [5.74, 6) is 0. The first-order valence-corrected chi connectivity index (χ1v) is 8.05. The number of hydrogen-bond donors (Lipinski definition) is 0. The van der Waals surface area contributed by atoms with Gasteiger partial charge in [-0.1, -0.05) is 29.8 Å². The summed E-state index contributed by atoms with van der Waals surface area (Å²) in [6.45, 7) is 2.01. The minimum absolute atomic E-state index is 0.149. The molecular formula is C20H16N4O. The van der Waals surface area contributed by atoms with Gasteiger partial charge in [0.05, 0.1) is 23.9 Å². The lowest BCUT2D eigenvalue weighted by molar-refractivity contribution is 0.784. The first-order valence-electron chi connectivity index (χ1n) is 8.05. The lowest BCUT2D eigenvalue weighted by Gasteiger charge is -2.08. The van der Waals surface area contributed by atoms with Crippen molar-refractivity contribution < 1.29 is 0 Å². The second-order valence-corrected chi connectivity index (χ2v) is 6.14. The van der Waals surface area contributed by atoms with Crippen LogP contribution in [0.5, 0.6) is 0 Å². The monoisotopic (exact) mass is 328 g/mol. The van der Waals surface area contributed by atoms with Crippen molar-refractivity contribution in [1.29, 1.82) is 5.26 Å². The third kappa shape index (κ3) is 2.23. The van der Waals surface area contributed by atoms with Crippen LogP contribution in [0, 0.1) is 18.3 Å². The quantitative estimate of drug-likeness (QED) is 0.567. The normalized spacial score (nSPS) is 11.1. The van der Waals surface area contributed by atoms with Gasteiger partial charge >= 0.3 is 0 Å². The van der Waals surface area contributed by atoms with Crippen LogP contribution in [0.1, 0.15) is 11.3 Å². The Morgan fingerprint density at radius 1 is 1.16 bits per heavy atom. The van der Waals surface area contributed by atoms with E-state index in [4.69, 9.17) is 0 Å². The van der Waals surface area contributed by atoms with E-state index in [1.807, 2.05) is 67.1 Å². The van der Waals surface area contributed by atoms with Crippen LogP contribution in [-0.2, 0) is 13.5 Å². The summed E-state index contributed by atoms with van der Waals surface area (Å²) >= 11 is 0. The predicted octanol–water partition coefficient (Wildman–Crippen LogP) is 3.25. The Labute approximate surface area is 144 Å². The molecule has 0 N–H and O–H groups in total. The zero-order chi connectivity index (χ0) is 17.6. The minimum Gasteiger partial charge on any atom is -0.339 e. The zero-order valence-corrected chi connectivity index (χ0v) is 14.0. The number of hydrogen-bond acceptors (Lipinski definition) is 3. The van der Waals surface area contributed by atoms with E-state index >= 15 is 0 Å². The minimum atomic E-state index is -0.181. The van der Waals surface area contributed by atoms with Crippen molar-refractivity contribution in [2.24, 2.45) is 7.05 Å². The molecular weight excluding hydrogens is 312 g/mol. The maximum atomic E-state index is 13.2. The molecule has 0 saturated heterocycles. The number of aryl methyl sites for hydroxylation is 2. The average molecular weight is 328 g/mol. The molecule has 0 aliphatic carbocycles. The molecule has 2 heterocycles. The molecule has 25 heavy (non-hydrogen) atoms. The fourth-order valence-electron chi connectivity index (χ4n) is 3.36. The number of aromatic nitrogens is 3. The van der Waals surface area contributed by atoms with Crippen LogP contribution in [0.25, 0.3) is 27.5 Å². The first kappa shape index (κ1) is 15.2. The molecule has 0 spiro atoms. The fourth-order valence-corrected chi connectivity index (χ4v) is 3.36. The van der Waals surface area contributed by atoms with Crippen molar-refractivity contribution in [2.45, 2.75) is 13.3 Å². The summed E-state index contributed by atoms with van der Waals surface area (Å²) in [6, 6.07) is 17.5. The Morgan fingerprint density at radius 2 is 1.92 bits per heavy atom. The van der Waals surface area contributed by atoms with Crippen LogP contribution in [0.3, 0.4) is 0 Å². The van der Waals surface area contributed by atoms with Gasteiger partial charge in [-0.25, -0.2) is 0 Å². The van der Waals surface area contributed by atoms with Crippen LogP contribution in [0.15, 0.2) is 53.3 Å². The van der Waals surface area contributed by atoms with E-state index in [2.05, 4.69) is 11.2 Å². The van der Waals surface area contributed by atoms with Crippen LogP contribution >= 0.6 is 0 Å². The Kier molecular flexibility index (Phi) is 3.40. The molecule has 122 valence electrons. The van der Waals surface area contributed by atoms with Crippen LogP contribution in [-0.4, -0.2) is 14.3 Å². The van der Waals surface area contributed by atoms with E-state index in [1.54, 1.807) is 0 Å². The lowest BCUT2D eigenvalue weighted by Crippen LogP contribution is -2.24. The SMILES string of the molecule is Cc1ccc2c(c1)c1c(CC#N)nn(-c3ccccc3)c(=O)c1n2C. The third-order valence-electron chi connectivity index (χ3n) is 4.51. The smallest absolute Gasteiger partial charge is 0.296 e. The van der Waals surface area contributed by atoms with Gasteiger partial charge in [-0.05, 0) is 31.2 Å². The van der Waals surface area contributed by atoms with Gasteiger partial charge < -0.3 is 4.57 Å². The Hall–Kier alpha value is -3.39. The number of benzene rings is 2. The van der Waals surface area contributed by atoms with E-state index in [0.717, 1.165) is 21.9 Å². The first-order chi connectivity index (χ1) is 12.1. The van der Waals surface area contributed by atoms with Crippen molar-refractivity contribution in [3.63, 3.8) is 0 Å². The van der Waals surface area contributed by atoms with Gasteiger partial charge in [0, 0.05) is 23.3 Å². The molecule has 0 bridgehead atoms. The molecule has 0 amide bonds. The highest BCUT2D eigenvalue weighted by Gasteiger charge is 2.19. The second kappa shape index (κ2) is 5.60. The highest BCUT2D eigenvalue weighted by Crippen LogP contribution is 2.29. The summed E-state index contributed by atoms with van der Waals surface area (Å²) in [5.41, 5.74) is 3.77. The van der Waals surface area contributed by atoms with Gasteiger partial charge in [0.2, 0.25) is 0 Å². The molecule has 0 unspecified atom stereocenters. The maximum Gasteiger partial charge on any atom is 0.296 e. The van der Waals surface area contributed by atoms with Gasteiger partial charge in [0.15, 0.2) is 0 Å². The fraction of sp³-hybridized carbons (Fsp3) is 0.150. The highest BCUT2D eigenvalue weighted by atomic mass is 16.1. The number of rotatable bonds is 2. The number of nitrogens with zero attached hydrogens (tertiary/aromatic N) is 4. The standard InChI is InChI=1S/C20H16N4O/c1-13-8-9-17-15(12-13)18-16(10-11-21)22-24(14-6-4-3-5-7-14)20(25)19(18)23(17)2/h3-9,12H,10H2,1-2H3. The van der Waals surface area contributed by atoms with E-state index in [9.17, 15) is 10.1 Å². The largest absolute Gasteiger partial charge is 0.339 e. The molecule has 4 aromatic rings. The summed E-state index contributed by atoms with van der Waals surface area (Å²) in [6.07, 6.45) is 0.149. The van der Waals surface area contributed by atoms with Gasteiger partial charge in [0.1, 0.15) is 5.52 Å². The van der Waals surface area contributed by atoms with E-state index in [1.165, 1.54) is 4.68 Å². The molecule has 0 atom stereocenters. The lowest BCUT2D eigenvalue weighted by atomic mass is 10.1. The van der Waals surface area contributed by atoms with Crippen molar-refractivity contribution in [1.82, 2.24) is 14.3 Å². The molecule has 0 fully saturated rings. The van der Waals surface area contributed by atoms with Gasteiger partial charge in [0.25, 0.3) is 5.56 Å². The molecule has 5 heteroatoms. The van der Waals surface area contributed by atoms with Gasteiger partial charge in [-0.3, -0.25) is 4.79 Å². The summed E-state index contributed by atoms with van der Waals surface area (Å²) in [5, 5.41) is 15.5. The van der Waals surface area contributed by atoms with Gasteiger partial charge in [-0.2, -0.15) is 15.0 Å². The van der Waals surface area contributed by atoms with Crippen molar-refractivity contribution in [3.05, 3.63) is 70.1 Å². The van der Waals surface area contributed by atoms with Crippen LogP contribution < -0.4 is 5.56 Å². The molecule has 0 radical (unpaired) electrons. The highest BCUT2D eigenvalue weighted by molar-refractivity contribution is 6.09. The Bertz CT molecular complexity index is 1210. The Morgan fingerprint density at radius 3 is 2.64 bits per heavy atom. The van der Waals surface area contributed by atoms with Crippen molar-refractivity contribution in [3.8, 4) is 11.8 Å². The molecule has 0 aliphatic heterocycles. The number of nitriles is 1. The third-order valence-corrected chi connectivity index (χ3v) is 4.51. The maximum absolute atomic E-state index is 13.2. The summed E-state index contributed by atoms with van der Waals surface area (Å²) < 4.78 is 3.29. The van der Waals surface area contributed by atoms with Crippen LogP contribution in [0.4, 0.5) is 0 Å². The molecule has 2 aromatic heterocycles. The zero-order valence-electron chi connectivity index (χ0n) is 14.0. The van der Waals surface area contributed by atoms with E-state index in [-0.39, 0.29) is 12.0 Å². The number of fused-ring (bicyclic) bond motifs is 3. The van der Waals surface area contributed by atoms with Gasteiger partial charge in [-0.15, -0.1) is 0 Å². The number of para-hydroxylation sites is 1. The molecule has 4 rings (SSSR count).